The first-order valence-corrected chi connectivity index (χ1v) is 8.62. The molecule has 5 heteroatoms. The third-order valence-electron chi connectivity index (χ3n) is 5.01. The number of aliphatic carboxylic acids is 1. The van der Waals surface area contributed by atoms with Crippen molar-refractivity contribution in [1.82, 2.24) is 4.90 Å². The second kappa shape index (κ2) is 7.13. The molecule has 1 N–H and O–H groups in total. The number of fused-ring (bicyclic) bond motifs is 1. The molecule has 0 bridgehead atoms. The van der Waals surface area contributed by atoms with E-state index in [1.54, 1.807) is 7.11 Å². The number of carboxylic acids is 1. The molecule has 1 heterocycles. The number of hydrogen-bond donors (Lipinski definition) is 1. The topological polar surface area (TPSA) is 66.8 Å². The lowest BCUT2D eigenvalue weighted by Gasteiger charge is -2.34. The Balaban J connectivity index is 1.86. The van der Waals surface area contributed by atoms with Crippen LogP contribution in [0.4, 0.5) is 0 Å². The van der Waals surface area contributed by atoms with E-state index in [9.17, 15) is 14.7 Å². The van der Waals surface area contributed by atoms with Crippen LogP contribution in [0.3, 0.4) is 0 Å². The first-order chi connectivity index (χ1) is 12.0. The minimum absolute atomic E-state index is 0.111. The maximum atomic E-state index is 12.9. The summed E-state index contributed by atoms with van der Waals surface area (Å²) in [4.78, 5) is 25.9. The van der Waals surface area contributed by atoms with Crippen LogP contribution >= 0.6 is 0 Å². The van der Waals surface area contributed by atoms with Gasteiger partial charge in [-0.05, 0) is 54.7 Å². The van der Waals surface area contributed by atoms with E-state index in [0.29, 0.717) is 13.0 Å². The van der Waals surface area contributed by atoms with Gasteiger partial charge in [0.05, 0.1) is 13.0 Å². The van der Waals surface area contributed by atoms with Crippen LogP contribution in [0, 0.1) is 0 Å². The van der Waals surface area contributed by atoms with E-state index in [4.69, 9.17) is 4.74 Å². The van der Waals surface area contributed by atoms with E-state index in [-0.39, 0.29) is 11.8 Å². The van der Waals surface area contributed by atoms with Crippen molar-refractivity contribution in [2.45, 2.75) is 38.1 Å². The molecule has 0 spiro atoms. The Hall–Kier alpha value is -2.56. The minimum atomic E-state index is -0.911. The van der Waals surface area contributed by atoms with Gasteiger partial charge in [0.15, 0.2) is 0 Å². The third-order valence-corrected chi connectivity index (χ3v) is 5.01. The van der Waals surface area contributed by atoms with Crippen molar-refractivity contribution in [3.63, 3.8) is 0 Å². The molecular formula is C20H23NO4. The highest BCUT2D eigenvalue weighted by Gasteiger charge is 2.34. The summed E-state index contributed by atoms with van der Waals surface area (Å²) in [5.74, 6) is -0.598. The molecule has 2 aromatic carbocycles. The maximum Gasteiger partial charge on any atom is 0.326 e. The number of ether oxygens (including phenoxy) is 1. The number of carboxylic acid groups (broad SMARTS) is 1. The number of rotatable bonds is 4. The van der Waals surface area contributed by atoms with Gasteiger partial charge in [-0.3, -0.25) is 4.79 Å². The zero-order valence-electron chi connectivity index (χ0n) is 14.6. The molecule has 3 rings (SSSR count). The predicted molar refractivity (Wildman–Crippen MR) is 95.9 cm³/mol. The molecule has 0 aromatic heterocycles. The molecule has 1 aliphatic heterocycles. The van der Waals surface area contributed by atoms with Crippen molar-refractivity contribution in [3.05, 3.63) is 42.0 Å². The van der Waals surface area contributed by atoms with Crippen LogP contribution < -0.4 is 4.74 Å². The molecule has 0 radical (unpaired) electrons. The summed E-state index contributed by atoms with van der Waals surface area (Å²) in [5, 5.41) is 11.5. The third kappa shape index (κ3) is 3.45. The summed E-state index contributed by atoms with van der Waals surface area (Å²) in [7, 11) is 1.63. The number of methoxy groups -OCH3 is 1. The van der Waals surface area contributed by atoms with Crippen LogP contribution in [-0.4, -0.2) is 41.6 Å². The fourth-order valence-corrected chi connectivity index (χ4v) is 3.48. The van der Waals surface area contributed by atoms with Crippen molar-refractivity contribution < 1.29 is 19.4 Å². The normalized spacial score (nSPS) is 18.8. The van der Waals surface area contributed by atoms with Gasteiger partial charge in [0, 0.05) is 6.54 Å². The average molecular weight is 341 g/mol. The molecular weight excluding hydrogens is 318 g/mol. The zero-order chi connectivity index (χ0) is 18.0. The molecule has 0 aliphatic carbocycles. The van der Waals surface area contributed by atoms with Gasteiger partial charge in [-0.2, -0.15) is 0 Å². The number of amides is 1. The molecule has 1 saturated heterocycles. The van der Waals surface area contributed by atoms with Crippen LogP contribution in [0.15, 0.2) is 36.4 Å². The van der Waals surface area contributed by atoms with Gasteiger partial charge in [0.1, 0.15) is 11.8 Å². The Labute approximate surface area is 147 Å². The largest absolute Gasteiger partial charge is 0.497 e. The monoisotopic (exact) mass is 341 g/mol. The number of carbonyl (C=O) groups is 2. The highest BCUT2D eigenvalue weighted by molar-refractivity contribution is 5.90. The second-order valence-electron chi connectivity index (χ2n) is 6.58. The molecule has 2 atom stereocenters. The van der Waals surface area contributed by atoms with E-state index in [2.05, 4.69) is 0 Å². The second-order valence-corrected chi connectivity index (χ2v) is 6.58. The van der Waals surface area contributed by atoms with Crippen LogP contribution in [-0.2, 0) is 9.59 Å². The molecule has 5 nitrogen and oxygen atoms in total. The Morgan fingerprint density at radius 2 is 1.88 bits per heavy atom. The van der Waals surface area contributed by atoms with Crippen molar-refractivity contribution in [3.8, 4) is 5.75 Å². The smallest absolute Gasteiger partial charge is 0.326 e. The maximum absolute atomic E-state index is 12.9. The summed E-state index contributed by atoms with van der Waals surface area (Å²) in [6.45, 7) is 2.37. The number of benzene rings is 2. The molecule has 2 aromatic rings. The van der Waals surface area contributed by atoms with Gasteiger partial charge >= 0.3 is 5.97 Å². The van der Waals surface area contributed by atoms with Crippen molar-refractivity contribution in [2.75, 3.05) is 13.7 Å². The number of piperidine rings is 1. The van der Waals surface area contributed by atoms with E-state index in [0.717, 1.165) is 34.9 Å². The highest BCUT2D eigenvalue weighted by atomic mass is 16.5. The molecule has 0 unspecified atom stereocenters. The molecule has 1 aliphatic rings. The molecule has 132 valence electrons. The summed E-state index contributed by atoms with van der Waals surface area (Å²) in [5.41, 5.74) is 0.900. The SMILES string of the molecule is COc1ccc2cc([C@@H](C)C(=O)N3CCCC[C@@H]3C(=O)O)ccc2c1. The predicted octanol–water partition coefficient (Wildman–Crippen LogP) is 3.42. The summed E-state index contributed by atoms with van der Waals surface area (Å²) in [6.07, 6.45) is 2.25. The van der Waals surface area contributed by atoms with E-state index >= 15 is 0 Å². The Kier molecular flexibility index (Phi) is 4.93. The van der Waals surface area contributed by atoms with Gasteiger partial charge in [-0.25, -0.2) is 4.79 Å². The number of carbonyl (C=O) groups excluding carboxylic acids is 1. The summed E-state index contributed by atoms with van der Waals surface area (Å²) in [6, 6.07) is 11.0. The van der Waals surface area contributed by atoms with Crippen LogP contribution in [0.1, 0.15) is 37.7 Å². The van der Waals surface area contributed by atoms with Crippen LogP contribution in [0.25, 0.3) is 10.8 Å². The van der Waals surface area contributed by atoms with E-state index < -0.39 is 12.0 Å². The summed E-state index contributed by atoms with van der Waals surface area (Å²) >= 11 is 0. The lowest BCUT2D eigenvalue weighted by Crippen LogP contribution is -2.49. The standard InChI is InChI=1S/C20H23NO4/c1-13(19(22)21-10-4-3-5-18(21)20(23)24)14-6-7-16-12-17(25-2)9-8-15(16)11-14/h6-9,11-13,18H,3-5,10H2,1-2H3,(H,23,24)/t13-,18-/m1/s1. The Morgan fingerprint density at radius 1 is 1.16 bits per heavy atom. The van der Waals surface area contributed by atoms with Crippen molar-refractivity contribution in [1.29, 1.82) is 0 Å². The van der Waals surface area contributed by atoms with Crippen molar-refractivity contribution >= 4 is 22.6 Å². The minimum Gasteiger partial charge on any atom is -0.497 e. The van der Waals surface area contributed by atoms with E-state index in [1.807, 2.05) is 43.3 Å². The Morgan fingerprint density at radius 3 is 2.60 bits per heavy atom. The fourth-order valence-electron chi connectivity index (χ4n) is 3.48. The lowest BCUT2D eigenvalue weighted by molar-refractivity contribution is -0.152. The number of nitrogens with zero attached hydrogens (tertiary/aromatic N) is 1. The highest BCUT2D eigenvalue weighted by Crippen LogP contribution is 2.28. The first kappa shape index (κ1) is 17.3. The molecule has 0 saturated carbocycles. The molecule has 1 fully saturated rings. The zero-order valence-corrected chi connectivity index (χ0v) is 14.6. The van der Waals surface area contributed by atoms with Gasteiger partial charge in [-0.15, -0.1) is 0 Å². The number of hydrogen-bond acceptors (Lipinski definition) is 3. The van der Waals surface area contributed by atoms with E-state index in [1.165, 1.54) is 4.90 Å². The average Bonchev–Trinajstić information content (AvgIpc) is 2.65. The quantitative estimate of drug-likeness (QED) is 0.925. The van der Waals surface area contributed by atoms with Gasteiger partial charge < -0.3 is 14.7 Å². The van der Waals surface area contributed by atoms with Gasteiger partial charge in [0.25, 0.3) is 0 Å². The fraction of sp³-hybridized carbons (Fsp3) is 0.400. The molecule has 25 heavy (non-hydrogen) atoms. The lowest BCUT2D eigenvalue weighted by atomic mass is 9.94. The van der Waals surface area contributed by atoms with Gasteiger partial charge in [-0.1, -0.05) is 24.3 Å². The molecule has 1 amide bonds. The van der Waals surface area contributed by atoms with Crippen LogP contribution in [0.5, 0.6) is 5.75 Å². The number of likely N-dealkylation sites (tertiary alicyclic amines) is 1. The van der Waals surface area contributed by atoms with Crippen molar-refractivity contribution in [2.24, 2.45) is 0 Å². The van der Waals surface area contributed by atoms with Gasteiger partial charge in [0.2, 0.25) is 5.91 Å². The first-order valence-electron chi connectivity index (χ1n) is 8.62. The van der Waals surface area contributed by atoms with Crippen LogP contribution in [0.2, 0.25) is 0 Å². The summed E-state index contributed by atoms with van der Waals surface area (Å²) < 4.78 is 5.24. The Bertz CT molecular complexity index is 801.